The topological polar surface area (TPSA) is 54.0 Å². The fourth-order valence-corrected chi connectivity index (χ4v) is 1.75. The van der Waals surface area contributed by atoms with Crippen LogP contribution in [0.3, 0.4) is 0 Å². The van der Waals surface area contributed by atoms with E-state index in [2.05, 4.69) is 15.6 Å². The number of carbonyl (C=O) groups is 1. The average Bonchev–Trinajstić information content (AvgIpc) is 2.66. The quantitative estimate of drug-likeness (QED) is 0.775. The van der Waals surface area contributed by atoms with Gasteiger partial charge in [0.2, 0.25) is 0 Å². The molecule has 0 spiro atoms. The molecular formula is C8H13N3OS. The number of nitrogens with one attached hydrogen (secondary N) is 2. The van der Waals surface area contributed by atoms with Crippen LogP contribution in [0.1, 0.15) is 24.4 Å². The van der Waals surface area contributed by atoms with E-state index >= 15 is 0 Å². The van der Waals surface area contributed by atoms with Crippen LogP contribution in [0.4, 0.5) is 4.79 Å². The molecular weight excluding hydrogens is 186 g/mol. The van der Waals surface area contributed by atoms with Crippen LogP contribution >= 0.6 is 11.3 Å². The maximum Gasteiger partial charge on any atom is 0.315 e. The standard InChI is InChI=1S/C8H13N3OS/c1-3-6(11-8(12)9-2)7-10-4-5-13-7/h4-6H,3H2,1-2H3,(H2,9,11,12). The summed E-state index contributed by atoms with van der Waals surface area (Å²) < 4.78 is 0. The molecule has 4 nitrogen and oxygen atoms in total. The molecule has 0 aliphatic rings. The van der Waals surface area contributed by atoms with Gasteiger partial charge >= 0.3 is 6.03 Å². The second-order valence-corrected chi connectivity index (χ2v) is 3.48. The highest BCUT2D eigenvalue weighted by Crippen LogP contribution is 2.18. The van der Waals surface area contributed by atoms with Gasteiger partial charge in [0, 0.05) is 18.6 Å². The second kappa shape index (κ2) is 4.81. The third-order valence-electron chi connectivity index (χ3n) is 1.69. The highest BCUT2D eigenvalue weighted by atomic mass is 32.1. The molecule has 1 heterocycles. The van der Waals surface area contributed by atoms with E-state index in [1.54, 1.807) is 24.6 Å². The number of aromatic nitrogens is 1. The van der Waals surface area contributed by atoms with Crippen LogP contribution < -0.4 is 10.6 Å². The highest BCUT2D eigenvalue weighted by molar-refractivity contribution is 7.09. The molecule has 1 aromatic heterocycles. The van der Waals surface area contributed by atoms with Crippen LogP contribution in [0.15, 0.2) is 11.6 Å². The van der Waals surface area contributed by atoms with E-state index in [1.165, 1.54) is 0 Å². The molecule has 0 radical (unpaired) electrons. The van der Waals surface area contributed by atoms with Crippen LogP contribution in [-0.4, -0.2) is 18.1 Å². The molecule has 0 aliphatic carbocycles. The summed E-state index contributed by atoms with van der Waals surface area (Å²) in [4.78, 5) is 15.2. The molecule has 1 atom stereocenters. The maximum absolute atomic E-state index is 11.0. The average molecular weight is 199 g/mol. The fraction of sp³-hybridized carbons (Fsp3) is 0.500. The Morgan fingerprint density at radius 2 is 2.54 bits per heavy atom. The lowest BCUT2D eigenvalue weighted by molar-refractivity contribution is 0.238. The first-order chi connectivity index (χ1) is 6.27. The molecule has 72 valence electrons. The van der Waals surface area contributed by atoms with Crippen molar-refractivity contribution in [3.05, 3.63) is 16.6 Å². The number of nitrogens with zero attached hydrogens (tertiary/aromatic N) is 1. The molecule has 1 aromatic rings. The van der Waals surface area contributed by atoms with Gasteiger partial charge in [-0.15, -0.1) is 11.3 Å². The van der Waals surface area contributed by atoms with Crippen molar-refractivity contribution in [3.8, 4) is 0 Å². The van der Waals surface area contributed by atoms with Gasteiger partial charge < -0.3 is 10.6 Å². The second-order valence-electron chi connectivity index (χ2n) is 2.55. The van der Waals surface area contributed by atoms with Crippen molar-refractivity contribution in [2.24, 2.45) is 0 Å². The van der Waals surface area contributed by atoms with Gasteiger partial charge in [0.1, 0.15) is 5.01 Å². The minimum absolute atomic E-state index is 0.0277. The lowest BCUT2D eigenvalue weighted by atomic mass is 10.2. The van der Waals surface area contributed by atoms with Gasteiger partial charge in [-0.2, -0.15) is 0 Å². The summed E-state index contributed by atoms with van der Waals surface area (Å²) in [6.45, 7) is 2.02. The summed E-state index contributed by atoms with van der Waals surface area (Å²) >= 11 is 1.55. The zero-order valence-electron chi connectivity index (χ0n) is 7.70. The predicted molar refractivity (Wildman–Crippen MR) is 52.7 cm³/mol. The van der Waals surface area contributed by atoms with Crippen molar-refractivity contribution >= 4 is 17.4 Å². The molecule has 5 heteroatoms. The smallest absolute Gasteiger partial charge is 0.315 e. The Kier molecular flexibility index (Phi) is 3.70. The van der Waals surface area contributed by atoms with Crippen molar-refractivity contribution in [2.45, 2.75) is 19.4 Å². The van der Waals surface area contributed by atoms with Crippen LogP contribution in [-0.2, 0) is 0 Å². The molecule has 1 rings (SSSR count). The van der Waals surface area contributed by atoms with Crippen molar-refractivity contribution in [3.63, 3.8) is 0 Å². The van der Waals surface area contributed by atoms with Gasteiger partial charge in [-0.05, 0) is 6.42 Å². The Balaban J connectivity index is 2.58. The SMILES string of the molecule is CCC(NC(=O)NC)c1nccs1. The molecule has 0 bridgehead atoms. The molecule has 0 saturated heterocycles. The molecule has 2 N–H and O–H groups in total. The van der Waals surface area contributed by atoms with E-state index in [4.69, 9.17) is 0 Å². The predicted octanol–water partition coefficient (Wildman–Crippen LogP) is 1.52. The largest absolute Gasteiger partial charge is 0.341 e. The van der Waals surface area contributed by atoms with Gasteiger partial charge in [0.05, 0.1) is 6.04 Å². The van der Waals surface area contributed by atoms with Gasteiger partial charge in [-0.1, -0.05) is 6.92 Å². The summed E-state index contributed by atoms with van der Waals surface area (Å²) in [6.07, 6.45) is 2.59. The third-order valence-corrected chi connectivity index (χ3v) is 2.58. The van der Waals surface area contributed by atoms with Gasteiger partial charge in [-0.25, -0.2) is 9.78 Å². The first kappa shape index (κ1) is 9.98. The van der Waals surface area contributed by atoms with Crippen LogP contribution in [0, 0.1) is 0 Å². The molecule has 13 heavy (non-hydrogen) atoms. The Hall–Kier alpha value is -1.10. The minimum atomic E-state index is -0.165. The highest BCUT2D eigenvalue weighted by Gasteiger charge is 2.13. The number of thiazole rings is 1. The number of urea groups is 1. The number of rotatable bonds is 3. The fourth-order valence-electron chi connectivity index (χ4n) is 0.975. The van der Waals surface area contributed by atoms with Crippen molar-refractivity contribution in [1.82, 2.24) is 15.6 Å². The number of hydrogen-bond donors (Lipinski definition) is 2. The summed E-state index contributed by atoms with van der Waals surface area (Å²) in [6, 6.07) is -0.137. The molecule has 0 aliphatic heterocycles. The number of amides is 2. The molecule has 0 aromatic carbocycles. The van der Waals surface area contributed by atoms with Gasteiger partial charge in [0.15, 0.2) is 0 Å². The zero-order valence-corrected chi connectivity index (χ0v) is 8.52. The van der Waals surface area contributed by atoms with Gasteiger partial charge in [0.25, 0.3) is 0 Å². The lowest BCUT2D eigenvalue weighted by Gasteiger charge is -2.13. The third kappa shape index (κ3) is 2.69. The Bertz CT molecular complexity index is 260. The summed E-state index contributed by atoms with van der Waals surface area (Å²) in [5.41, 5.74) is 0. The van der Waals surface area contributed by atoms with Crippen LogP contribution in [0.25, 0.3) is 0 Å². The van der Waals surface area contributed by atoms with E-state index in [9.17, 15) is 4.79 Å². The van der Waals surface area contributed by atoms with Crippen molar-refractivity contribution in [2.75, 3.05) is 7.05 Å². The minimum Gasteiger partial charge on any atom is -0.341 e. The maximum atomic E-state index is 11.0. The van der Waals surface area contributed by atoms with E-state index in [0.29, 0.717) is 0 Å². The summed E-state index contributed by atoms with van der Waals surface area (Å²) in [5.74, 6) is 0. The molecule has 0 fully saturated rings. The Labute approximate surface area is 81.4 Å². The first-order valence-corrected chi connectivity index (χ1v) is 5.03. The van der Waals surface area contributed by atoms with Crippen molar-refractivity contribution in [1.29, 1.82) is 0 Å². The summed E-state index contributed by atoms with van der Waals surface area (Å²) in [7, 11) is 1.60. The lowest BCUT2D eigenvalue weighted by Crippen LogP contribution is -2.35. The van der Waals surface area contributed by atoms with E-state index < -0.39 is 0 Å². The normalized spacial score (nSPS) is 12.2. The first-order valence-electron chi connectivity index (χ1n) is 4.15. The Morgan fingerprint density at radius 1 is 1.77 bits per heavy atom. The van der Waals surface area contributed by atoms with E-state index in [1.807, 2.05) is 12.3 Å². The van der Waals surface area contributed by atoms with Crippen LogP contribution in [0.2, 0.25) is 0 Å². The zero-order chi connectivity index (χ0) is 9.68. The molecule has 1 unspecified atom stereocenters. The molecule has 0 saturated carbocycles. The van der Waals surface area contributed by atoms with Crippen molar-refractivity contribution < 1.29 is 4.79 Å². The van der Waals surface area contributed by atoms with E-state index in [0.717, 1.165) is 11.4 Å². The van der Waals surface area contributed by atoms with Crippen LogP contribution in [0.5, 0.6) is 0 Å². The number of carbonyl (C=O) groups excluding carboxylic acids is 1. The summed E-state index contributed by atoms with van der Waals surface area (Å²) in [5, 5.41) is 8.19. The van der Waals surface area contributed by atoms with Gasteiger partial charge in [-0.3, -0.25) is 0 Å². The number of hydrogen-bond acceptors (Lipinski definition) is 3. The monoisotopic (exact) mass is 199 g/mol. The van der Waals surface area contributed by atoms with E-state index in [-0.39, 0.29) is 12.1 Å². The Morgan fingerprint density at radius 3 is 3.00 bits per heavy atom. The molecule has 2 amide bonds.